The first-order chi connectivity index (χ1) is 15.4. The van der Waals surface area contributed by atoms with Crippen LogP contribution in [0.4, 0.5) is 36.8 Å². The van der Waals surface area contributed by atoms with Crippen LogP contribution in [0.1, 0.15) is 43.2 Å². The van der Waals surface area contributed by atoms with Crippen LogP contribution >= 0.6 is 0 Å². The Kier molecular flexibility index (Phi) is 7.76. The Labute approximate surface area is 187 Å². The third-order valence-corrected chi connectivity index (χ3v) is 5.93. The minimum absolute atomic E-state index is 0.000988. The van der Waals surface area contributed by atoms with Gasteiger partial charge in [0.2, 0.25) is 5.91 Å². The van der Waals surface area contributed by atoms with Gasteiger partial charge in [-0.1, -0.05) is 6.42 Å². The van der Waals surface area contributed by atoms with Crippen LogP contribution in [0.15, 0.2) is 18.2 Å². The van der Waals surface area contributed by atoms with Crippen molar-refractivity contribution in [3.63, 3.8) is 0 Å². The molecule has 0 unspecified atom stereocenters. The van der Waals surface area contributed by atoms with Crippen LogP contribution in [-0.2, 0) is 17.1 Å². The minimum Gasteiger partial charge on any atom is -0.341 e. The highest BCUT2D eigenvalue weighted by Gasteiger charge is 2.37. The van der Waals surface area contributed by atoms with E-state index in [4.69, 9.17) is 0 Å². The van der Waals surface area contributed by atoms with Gasteiger partial charge in [-0.2, -0.15) is 26.3 Å². The van der Waals surface area contributed by atoms with Crippen molar-refractivity contribution in [2.45, 2.75) is 50.5 Å². The van der Waals surface area contributed by atoms with Gasteiger partial charge in [0.1, 0.15) is 0 Å². The van der Waals surface area contributed by atoms with Crippen LogP contribution in [0.2, 0.25) is 0 Å². The summed E-state index contributed by atoms with van der Waals surface area (Å²) in [5.41, 5.74) is -3.61. The number of amides is 3. The average molecular weight is 480 g/mol. The van der Waals surface area contributed by atoms with E-state index in [1.54, 1.807) is 4.90 Å². The molecule has 12 heteroatoms. The Balaban J connectivity index is 1.50. The normalized spacial score (nSPS) is 20.4. The van der Waals surface area contributed by atoms with Crippen molar-refractivity contribution >= 4 is 17.6 Å². The second-order valence-electron chi connectivity index (χ2n) is 8.40. The first kappa shape index (κ1) is 25.1. The van der Waals surface area contributed by atoms with E-state index >= 15 is 0 Å². The number of alkyl halides is 6. The fourth-order valence-electron chi connectivity index (χ4n) is 4.08. The highest BCUT2D eigenvalue weighted by atomic mass is 19.4. The number of rotatable bonds is 4. The van der Waals surface area contributed by atoms with Crippen molar-refractivity contribution < 1.29 is 35.9 Å². The number of halogens is 6. The minimum atomic E-state index is -4.99. The van der Waals surface area contributed by atoms with Crippen LogP contribution in [-0.4, -0.2) is 49.1 Å². The fraction of sp³-hybridized carbons (Fsp3) is 0.619. The number of nitrogens with zero attached hydrogens (tertiary/aromatic N) is 1. The number of benzene rings is 1. The summed E-state index contributed by atoms with van der Waals surface area (Å²) in [4.78, 5) is 26.4. The molecule has 1 aromatic rings. The number of piperidine rings is 2. The number of hydrogen-bond donors (Lipinski definition) is 3. The molecular weight excluding hydrogens is 454 g/mol. The third kappa shape index (κ3) is 6.99. The second kappa shape index (κ2) is 10.2. The van der Waals surface area contributed by atoms with Crippen LogP contribution < -0.4 is 16.0 Å². The summed E-state index contributed by atoms with van der Waals surface area (Å²) in [6, 6.07) is -0.141. The summed E-state index contributed by atoms with van der Waals surface area (Å²) >= 11 is 0. The summed E-state index contributed by atoms with van der Waals surface area (Å²) in [7, 11) is 0. The Morgan fingerprint density at radius 3 is 2.06 bits per heavy atom. The number of hydrogen-bond acceptors (Lipinski definition) is 3. The third-order valence-electron chi connectivity index (χ3n) is 5.93. The predicted octanol–water partition coefficient (Wildman–Crippen LogP) is 4.23. The standard InChI is InChI=1S/C21H26F6N4O2/c22-20(23,24)14-9-15(21(25,26)27)11-16(10-14)30-19(33)29-12-13-4-7-31(8-5-13)18(32)17-3-1-2-6-28-17/h9-11,13,17,28H,1-8,12H2,(H2,29,30,33)/t17-/m0/s1. The molecule has 2 aliphatic heterocycles. The summed E-state index contributed by atoms with van der Waals surface area (Å²) < 4.78 is 77.7. The van der Waals surface area contributed by atoms with Crippen molar-refractivity contribution in [3.8, 4) is 0 Å². The molecule has 2 saturated heterocycles. The quantitative estimate of drug-likeness (QED) is 0.565. The van der Waals surface area contributed by atoms with Gasteiger partial charge in [-0.25, -0.2) is 4.79 Å². The number of likely N-dealkylation sites (tertiary alicyclic amines) is 1. The summed E-state index contributed by atoms with van der Waals surface area (Å²) in [5.74, 6) is 0.121. The van der Waals surface area contributed by atoms with E-state index < -0.39 is 35.2 Å². The van der Waals surface area contributed by atoms with Crippen LogP contribution in [0.25, 0.3) is 0 Å². The number of urea groups is 1. The van der Waals surface area contributed by atoms with Gasteiger partial charge in [-0.15, -0.1) is 0 Å². The molecule has 0 aromatic heterocycles. The lowest BCUT2D eigenvalue weighted by Crippen LogP contribution is -2.51. The Bertz CT molecular complexity index is 812. The first-order valence-electron chi connectivity index (χ1n) is 10.8. The van der Waals surface area contributed by atoms with E-state index in [9.17, 15) is 35.9 Å². The molecule has 3 rings (SSSR count). The lowest BCUT2D eigenvalue weighted by molar-refractivity contribution is -0.143. The largest absolute Gasteiger partial charge is 0.416 e. The Morgan fingerprint density at radius 2 is 1.55 bits per heavy atom. The van der Waals surface area contributed by atoms with E-state index in [0.29, 0.717) is 38.1 Å². The molecule has 184 valence electrons. The van der Waals surface area contributed by atoms with Crippen molar-refractivity contribution in [1.82, 2.24) is 15.5 Å². The van der Waals surface area contributed by atoms with E-state index in [2.05, 4.69) is 16.0 Å². The molecule has 1 aromatic carbocycles. The van der Waals surface area contributed by atoms with Crippen molar-refractivity contribution in [2.24, 2.45) is 5.92 Å². The molecule has 3 amide bonds. The zero-order valence-corrected chi connectivity index (χ0v) is 17.8. The lowest BCUT2D eigenvalue weighted by Gasteiger charge is -2.35. The van der Waals surface area contributed by atoms with Crippen molar-refractivity contribution in [1.29, 1.82) is 0 Å². The predicted molar refractivity (Wildman–Crippen MR) is 108 cm³/mol. The first-order valence-corrected chi connectivity index (χ1v) is 10.8. The molecule has 2 fully saturated rings. The fourth-order valence-corrected chi connectivity index (χ4v) is 4.08. The van der Waals surface area contributed by atoms with Crippen LogP contribution in [0.5, 0.6) is 0 Å². The highest BCUT2D eigenvalue weighted by Crippen LogP contribution is 2.37. The van der Waals surface area contributed by atoms with Gasteiger partial charge >= 0.3 is 18.4 Å². The molecule has 0 aliphatic carbocycles. The summed E-state index contributed by atoms with van der Waals surface area (Å²) in [5, 5.41) is 7.77. The maximum absolute atomic E-state index is 12.9. The molecule has 0 bridgehead atoms. The van der Waals surface area contributed by atoms with Gasteiger partial charge < -0.3 is 20.9 Å². The molecule has 0 radical (unpaired) electrons. The molecule has 2 heterocycles. The van der Waals surface area contributed by atoms with Gasteiger partial charge in [-0.3, -0.25) is 4.79 Å². The van der Waals surface area contributed by atoms with Crippen molar-refractivity contribution in [3.05, 3.63) is 29.3 Å². The topological polar surface area (TPSA) is 73.5 Å². The zero-order valence-electron chi connectivity index (χ0n) is 17.8. The molecule has 2 aliphatic rings. The molecule has 6 nitrogen and oxygen atoms in total. The second-order valence-corrected chi connectivity index (χ2v) is 8.40. The van der Waals surface area contributed by atoms with Crippen molar-refractivity contribution in [2.75, 3.05) is 31.5 Å². The maximum atomic E-state index is 12.9. The maximum Gasteiger partial charge on any atom is 0.416 e. The Hall–Kier alpha value is -2.50. The van der Waals surface area contributed by atoms with Gasteiger partial charge in [0.15, 0.2) is 0 Å². The number of nitrogens with one attached hydrogen (secondary N) is 3. The molecule has 3 N–H and O–H groups in total. The van der Waals surface area contributed by atoms with Gasteiger partial charge in [0.25, 0.3) is 0 Å². The van der Waals surface area contributed by atoms with Crippen LogP contribution in [0, 0.1) is 5.92 Å². The molecule has 1 atom stereocenters. The lowest BCUT2D eigenvalue weighted by atomic mass is 9.95. The number of anilines is 1. The van der Waals surface area contributed by atoms with Gasteiger partial charge in [-0.05, 0) is 56.3 Å². The number of carbonyl (C=O) groups excluding carboxylic acids is 2. The SMILES string of the molecule is O=C(NCC1CCN(C(=O)[C@@H]2CCCCN2)CC1)Nc1cc(C(F)(F)F)cc(C(F)(F)F)c1. The van der Waals surface area contributed by atoms with E-state index in [-0.39, 0.29) is 30.5 Å². The molecule has 0 saturated carbocycles. The van der Waals surface area contributed by atoms with Crippen LogP contribution in [0.3, 0.4) is 0 Å². The monoisotopic (exact) mass is 480 g/mol. The van der Waals surface area contributed by atoms with Gasteiger partial charge in [0.05, 0.1) is 17.2 Å². The molecule has 0 spiro atoms. The Morgan fingerprint density at radius 1 is 0.939 bits per heavy atom. The van der Waals surface area contributed by atoms with E-state index in [1.807, 2.05) is 0 Å². The summed E-state index contributed by atoms with van der Waals surface area (Å²) in [6.07, 6.45) is -5.83. The average Bonchev–Trinajstić information content (AvgIpc) is 2.77. The molecule has 33 heavy (non-hydrogen) atoms. The van der Waals surface area contributed by atoms with E-state index in [0.717, 1.165) is 25.8 Å². The van der Waals surface area contributed by atoms with Gasteiger partial charge in [0, 0.05) is 25.3 Å². The van der Waals surface area contributed by atoms with E-state index in [1.165, 1.54) is 0 Å². The summed E-state index contributed by atoms with van der Waals surface area (Å²) in [6.45, 7) is 2.09. The highest BCUT2D eigenvalue weighted by molar-refractivity contribution is 5.89. The smallest absolute Gasteiger partial charge is 0.341 e. The molecular formula is C21H26F6N4O2. The number of carbonyl (C=O) groups is 2. The zero-order chi connectivity index (χ0) is 24.2.